The summed E-state index contributed by atoms with van der Waals surface area (Å²) in [6.45, 7) is 5.75. The molecule has 1 fully saturated rings. The van der Waals surface area contributed by atoms with Gasteiger partial charge in [-0.25, -0.2) is 4.79 Å². The minimum absolute atomic E-state index is 0.0594. The van der Waals surface area contributed by atoms with E-state index in [9.17, 15) is 4.79 Å². The number of carbonyl (C=O) groups excluding carboxylic acids is 1. The molecule has 3 N–H and O–H groups in total. The van der Waals surface area contributed by atoms with Gasteiger partial charge in [0.1, 0.15) is 0 Å². The van der Waals surface area contributed by atoms with Gasteiger partial charge in [0.2, 0.25) is 0 Å². The van der Waals surface area contributed by atoms with Crippen molar-refractivity contribution in [3.05, 3.63) is 22.7 Å². The van der Waals surface area contributed by atoms with E-state index in [0.29, 0.717) is 16.6 Å². The van der Waals surface area contributed by atoms with Gasteiger partial charge in [-0.3, -0.25) is 0 Å². The molecule has 1 saturated heterocycles. The predicted molar refractivity (Wildman–Crippen MR) is 79.6 cm³/mol. The number of anilines is 2. The first-order chi connectivity index (χ1) is 8.97. The Balaban J connectivity index is 2.05. The van der Waals surface area contributed by atoms with Crippen LogP contribution >= 0.6 is 11.6 Å². The maximum atomic E-state index is 12.2. The van der Waals surface area contributed by atoms with Crippen molar-refractivity contribution in [3.63, 3.8) is 0 Å². The molecule has 1 aliphatic heterocycles. The second-order valence-corrected chi connectivity index (χ2v) is 5.70. The molecule has 1 aliphatic rings. The van der Waals surface area contributed by atoms with Gasteiger partial charge in [-0.05, 0) is 43.4 Å². The molecule has 1 aromatic carbocycles. The lowest BCUT2D eigenvalue weighted by atomic mass is 10.00. The molecule has 104 valence electrons. The third kappa shape index (κ3) is 3.32. The quantitative estimate of drug-likeness (QED) is 0.774. The lowest BCUT2D eigenvalue weighted by Crippen LogP contribution is -2.40. The molecule has 1 heterocycles. The number of benzene rings is 1. The molecule has 0 atom stereocenters. The molecule has 2 rings (SSSR count). The standard InChI is InChI=1S/C14H20ClN3O/c1-9-3-5-18(6-4-9)14(19)17-13-8-11(15)12(16)7-10(13)2/h7-9H,3-6,16H2,1-2H3,(H,17,19). The Morgan fingerprint density at radius 3 is 2.68 bits per heavy atom. The minimum atomic E-state index is -0.0594. The molecule has 0 spiro atoms. The van der Waals surface area contributed by atoms with Crippen molar-refractivity contribution in [2.24, 2.45) is 5.92 Å². The highest BCUT2D eigenvalue weighted by atomic mass is 35.5. The van der Waals surface area contributed by atoms with Gasteiger partial charge in [-0.15, -0.1) is 0 Å². The topological polar surface area (TPSA) is 58.4 Å². The number of hydrogen-bond acceptors (Lipinski definition) is 2. The van der Waals surface area contributed by atoms with Gasteiger partial charge in [0, 0.05) is 18.8 Å². The number of likely N-dealkylation sites (tertiary alicyclic amines) is 1. The van der Waals surface area contributed by atoms with Crippen molar-refractivity contribution in [2.75, 3.05) is 24.1 Å². The number of rotatable bonds is 1. The molecule has 0 saturated carbocycles. The van der Waals surface area contributed by atoms with Crippen LogP contribution in [0.25, 0.3) is 0 Å². The Morgan fingerprint density at radius 2 is 2.05 bits per heavy atom. The fourth-order valence-electron chi connectivity index (χ4n) is 2.24. The van der Waals surface area contributed by atoms with E-state index in [1.54, 1.807) is 12.1 Å². The number of amides is 2. The highest BCUT2D eigenvalue weighted by Crippen LogP contribution is 2.27. The zero-order valence-electron chi connectivity index (χ0n) is 11.4. The molecule has 0 unspecified atom stereocenters. The van der Waals surface area contributed by atoms with E-state index in [-0.39, 0.29) is 6.03 Å². The molecule has 5 heteroatoms. The van der Waals surface area contributed by atoms with E-state index in [0.717, 1.165) is 37.2 Å². The molecule has 0 aromatic heterocycles. The van der Waals surface area contributed by atoms with Crippen molar-refractivity contribution in [3.8, 4) is 0 Å². The normalized spacial score (nSPS) is 16.5. The second-order valence-electron chi connectivity index (χ2n) is 5.29. The largest absolute Gasteiger partial charge is 0.398 e. The summed E-state index contributed by atoms with van der Waals surface area (Å²) < 4.78 is 0. The number of nitrogens with two attached hydrogens (primary N) is 1. The van der Waals surface area contributed by atoms with Crippen LogP contribution in [0.15, 0.2) is 12.1 Å². The van der Waals surface area contributed by atoms with Gasteiger partial charge < -0.3 is 16.0 Å². The number of nitrogen functional groups attached to an aromatic ring is 1. The van der Waals surface area contributed by atoms with E-state index in [4.69, 9.17) is 17.3 Å². The Bertz CT molecular complexity index is 482. The van der Waals surface area contributed by atoms with Crippen molar-refractivity contribution >= 4 is 29.0 Å². The van der Waals surface area contributed by atoms with E-state index in [1.165, 1.54) is 0 Å². The number of urea groups is 1. The average molecular weight is 282 g/mol. The minimum Gasteiger partial charge on any atom is -0.398 e. The Kier molecular flexibility index (Phi) is 4.20. The van der Waals surface area contributed by atoms with E-state index >= 15 is 0 Å². The van der Waals surface area contributed by atoms with Crippen molar-refractivity contribution in [1.29, 1.82) is 0 Å². The monoisotopic (exact) mass is 281 g/mol. The van der Waals surface area contributed by atoms with E-state index in [2.05, 4.69) is 12.2 Å². The predicted octanol–water partition coefficient (Wildman–Crippen LogP) is 3.49. The first kappa shape index (κ1) is 14.0. The molecule has 0 aliphatic carbocycles. The van der Waals surface area contributed by atoms with Gasteiger partial charge in [0.15, 0.2) is 0 Å². The van der Waals surface area contributed by atoms with Gasteiger partial charge in [0.05, 0.1) is 10.7 Å². The number of piperidine rings is 1. The van der Waals surface area contributed by atoms with Crippen LogP contribution in [-0.4, -0.2) is 24.0 Å². The van der Waals surface area contributed by atoms with Crippen molar-refractivity contribution < 1.29 is 4.79 Å². The van der Waals surface area contributed by atoms with Crippen LogP contribution in [0, 0.1) is 12.8 Å². The Labute approximate surface area is 118 Å². The summed E-state index contributed by atoms with van der Waals surface area (Å²) in [5, 5.41) is 3.38. The van der Waals surface area contributed by atoms with Crippen LogP contribution < -0.4 is 11.1 Å². The summed E-state index contributed by atoms with van der Waals surface area (Å²) in [5.41, 5.74) is 7.90. The maximum Gasteiger partial charge on any atom is 0.321 e. The molecule has 1 aromatic rings. The molecule has 2 amide bonds. The highest BCUT2D eigenvalue weighted by molar-refractivity contribution is 6.33. The summed E-state index contributed by atoms with van der Waals surface area (Å²) in [4.78, 5) is 14.0. The fourth-order valence-corrected chi connectivity index (χ4v) is 2.41. The van der Waals surface area contributed by atoms with Crippen LogP contribution in [0.4, 0.5) is 16.2 Å². The van der Waals surface area contributed by atoms with E-state index in [1.807, 2.05) is 11.8 Å². The SMILES string of the molecule is Cc1cc(N)c(Cl)cc1NC(=O)N1CCC(C)CC1. The number of halogens is 1. The number of aryl methyl sites for hydroxylation is 1. The smallest absolute Gasteiger partial charge is 0.321 e. The highest BCUT2D eigenvalue weighted by Gasteiger charge is 2.20. The number of nitrogens with zero attached hydrogens (tertiary/aromatic N) is 1. The lowest BCUT2D eigenvalue weighted by molar-refractivity contribution is 0.186. The van der Waals surface area contributed by atoms with Crippen molar-refractivity contribution in [2.45, 2.75) is 26.7 Å². The Morgan fingerprint density at radius 1 is 1.42 bits per heavy atom. The van der Waals surface area contributed by atoms with Crippen LogP contribution in [0.1, 0.15) is 25.3 Å². The molecule has 19 heavy (non-hydrogen) atoms. The summed E-state index contributed by atoms with van der Waals surface area (Å²) in [7, 11) is 0. The molecule has 0 radical (unpaired) electrons. The first-order valence-electron chi connectivity index (χ1n) is 6.59. The molecular weight excluding hydrogens is 262 g/mol. The zero-order valence-corrected chi connectivity index (χ0v) is 12.1. The van der Waals surface area contributed by atoms with Gasteiger partial charge in [0.25, 0.3) is 0 Å². The third-order valence-corrected chi connectivity index (χ3v) is 3.98. The van der Waals surface area contributed by atoms with Crippen LogP contribution in [-0.2, 0) is 0 Å². The van der Waals surface area contributed by atoms with Crippen molar-refractivity contribution in [1.82, 2.24) is 4.90 Å². The lowest BCUT2D eigenvalue weighted by Gasteiger charge is -2.30. The van der Waals surface area contributed by atoms with Crippen LogP contribution in [0.5, 0.6) is 0 Å². The van der Waals surface area contributed by atoms with E-state index < -0.39 is 0 Å². The fraction of sp³-hybridized carbons (Fsp3) is 0.500. The second kappa shape index (κ2) is 5.70. The first-order valence-corrected chi connectivity index (χ1v) is 6.96. The summed E-state index contributed by atoms with van der Waals surface area (Å²) >= 11 is 5.98. The van der Waals surface area contributed by atoms with Gasteiger partial charge >= 0.3 is 6.03 Å². The molecule has 0 bridgehead atoms. The number of carbonyl (C=O) groups is 1. The number of hydrogen-bond donors (Lipinski definition) is 2. The molecular formula is C14H20ClN3O. The maximum absolute atomic E-state index is 12.2. The summed E-state index contributed by atoms with van der Waals surface area (Å²) in [6, 6.07) is 3.42. The van der Waals surface area contributed by atoms with Gasteiger partial charge in [-0.2, -0.15) is 0 Å². The average Bonchev–Trinajstić information content (AvgIpc) is 2.36. The zero-order chi connectivity index (χ0) is 14.0. The van der Waals surface area contributed by atoms with Crippen LogP contribution in [0.3, 0.4) is 0 Å². The number of nitrogens with one attached hydrogen (secondary N) is 1. The summed E-state index contributed by atoms with van der Waals surface area (Å²) in [5.74, 6) is 0.705. The van der Waals surface area contributed by atoms with Gasteiger partial charge in [-0.1, -0.05) is 18.5 Å². The van der Waals surface area contributed by atoms with Crippen LogP contribution in [0.2, 0.25) is 5.02 Å². The molecule has 4 nitrogen and oxygen atoms in total. The Hall–Kier alpha value is -1.42. The third-order valence-electron chi connectivity index (χ3n) is 3.66. The summed E-state index contributed by atoms with van der Waals surface area (Å²) in [6.07, 6.45) is 2.13.